The van der Waals surface area contributed by atoms with E-state index in [1.54, 1.807) is 0 Å². The van der Waals surface area contributed by atoms with E-state index < -0.39 is 0 Å². The highest BCUT2D eigenvalue weighted by Crippen LogP contribution is 2.21. The second-order valence-corrected chi connectivity index (χ2v) is 6.36. The predicted molar refractivity (Wildman–Crippen MR) is 103 cm³/mol. The van der Waals surface area contributed by atoms with E-state index in [1.807, 2.05) is 63.2 Å². The minimum Gasteiger partial charge on any atom is -0.494 e. The lowest BCUT2D eigenvalue weighted by Gasteiger charge is -2.13. The highest BCUT2D eigenvalue weighted by molar-refractivity contribution is 5.95. The molecule has 0 radical (unpaired) electrons. The van der Waals surface area contributed by atoms with Crippen LogP contribution in [-0.2, 0) is 9.59 Å². The van der Waals surface area contributed by atoms with Gasteiger partial charge >= 0.3 is 0 Å². The molecule has 0 aliphatic rings. The van der Waals surface area contributed by atoms with Crippen molar-refractivity contribution in [1.82, 2.24) is 5.32 Å². The van der Waals surface area contributed by atoms with E-state index in [-0.39, 0.29) is 18.4 Å². The molecule has 0 saturated heterocycles. The second kappa shape index (κ2) is 9.61. The van der Waals surface area contributed by atoms with E-state index >= 15 is 0 Å². The molecule has 5 nitrogen and oxygen atoms in total. The van der Waals surface area contributed by atoms with Gasteiger partial charge in [0.1, 0.15) is 5.75 Å². The van der Waals surface area contributed by atoms with Gasteiger partial charge in [0.15, 0.2) is 0 Å². The van der Waals surface area contributed by atoms with E-state index in [0.717, 1.165) is 28.1 Å². The van der Waals surface area contributed by atoms with Gasteiger partial charge < -0.3 is 15.4 Å². The summed E-state index contributed by atoms with van der Waals surface area (Å²) in [6, 6.07) is 13.5. The molecule has 0 bridgehead atoms. The zero-order valence-electron chi connectivity index (χ0n) is 15.6. The van der Waals surface area contributed by atoms with Crippen LogP contribution in [0.15, 0.2) is 42.5 Å². The molecule has 26 heavy (non-hydrogen) atoms. The first kappa shape index (κ1) is 19.5. The molecule has 0 unspecified atom stereocenters. The van der Waals surface area contributed by atoms with E-state index in [4.69, 9.17) is 4.74 Å². The van der Waals surface area contributed by atoms with Crippen molar-refractivity contribution in [2.24, 2.45) is 0 Å². The number of nitrogens with one attached hydrogen (secondary N) is 2. The number of carbonyl (C=O) groups excluding carboxylic acids is 2. The van der Waals surface area contributed by atoms with Crippen molar-refractivity contribution in [3.63, 3.8) is 0 Å². The molecule has 0 fully saturated rings. The van der Waals surface area contributed by atoms with Crippen molar-refractivity contribution in [3.05, 3.63) is 59.2 Å². The van der Waals surface area contributed by atoms with Gasteiger partial charge in [-0.1, -0.05) is 35.9 Å². The number of hydrogen-bond acceptors (Lipinski definition) is 3. The minimum absolute atomic E-state index is 0.0366. The first-order valence-electron chi connectivity index (χ1n) is 8.78. The summed E-state index contributed by atoms with van der Waals surface area (Å²) in [5, 5.41) is 5.52. The van der Waals surface area contributed by atoms with Crippen LogP contribution in [0.2, 0.25) is 0 Å². The van der Waals surface area contributed by atoms with Crippen LogP contribution >= 0.6 is 0 Å². The van der Waals surface area contributed by atoms with Crippen molar-refractivity contribution >= 4 is 17.5 Å². The van der Waals surface area contributed by atoms with Gasteiger partial charge in [-0.05, 0) is 50.5 Å². The molecule has 0 saturated carbocycles. The van der Waals surface area contributed by atoms with Crippen molar-refractivity contribution < 1.29 is 14.3 Å². The number of aryl methyl sites for hydroxylation is 3. The number of rotatable bonds is 8. The Morgan fingerprint density at radius 2 is 1.62 bits per heavy atom. The minimum atomic E-state index is -0.228. The molecule has 0 heterocycles. The van der Waals surface area contributed by atoms with Gasteiger partial charge in [0.25, 0.3) is 0 Å². The zero-order valence-corrected chi connectivity index (χ0v) is 15.6. The molecule has 2 rings (SSSR count). The van der Waals surface area contributed by atoms with Crippen LogP contribution < -0.4 is 15.4 Å². The Kier molecular flexibility index (Phi) is 7.21. The van der Waals surface area contributed by atoms with Gasteiger partial charge in [-0.3, -0.25) is 9.59 Å². The predicted octanol–water partition coefficient (Wildman–Crippen LogP) is 3.53. The van der Waals surface area contributed by atoms with Crippen LogP contribution in [0.3, 0.4) is 0 Å². The number of ether oxygens (including phenoxy) is 1. The summed E-state index contributed by atoms with van der Waals surface area (Å²) in [4.78, 5) is 23.9. The van der Waals surface area contributed by atoms with Crippen LogP contribution in [0.25, 0.3) is 0 Å². The first-order chi connectivity index (χ1) is 12.5. The van der Waals surface area contributed by atoms with E-state index in [9.17, 15) is 9.59 Å². The van der Waals surface area contributed by atoms with Gasteiger partial charge in [-0.2, -0.15) is 0 Å². The van der Waals surface area contributed by atoms with Gasteiger partial charge in [0, 0.05) is 12.1 Å². The van der Waals surface area contributed by atoms with Gasteiger partial charge in [0.2, 0.25) is 11.8 Å². The lowest BCUT2D eigenvalue weighted by atomic mass is 10.1. The molecule has 5 heteroatoms. The third kappa shape index (κ3) is 6.24. The number of para-hydroxylation sites is 1. The normalized spacial score (nSPS) is 10.3. The molecule has 2 aromatic carbocycles. The summed E-state index contributed by atoms with van der Waals surface area (Å²) in [6.07, 6.45) is 0.918. The average molecular weight is 354 g/mol. The summed E-state index contributed by atoms with van der Waals surface area (Å²) in [5.74, 6) is 0.402. The third-order valence-electron chi connectivity index (χ3n) is 3.95. The molecule has 2 aromatic rings. The van der Waals surface area contributed by atoms with Crippen molar-refractivity contribution in [3.8, 4) is 5.75 Å². The largest absolute Gasteiger partial charge is 0.494 e. The Balaban J connectivity index is 1.68. The fourth-order valence-corrected chi connectivity index (χ4v) is 2.77. The average Bonchev–Trinajstić information content (AvgIpc) is 2.61. The number of benzene rings is 2. The number of carbonyl (C=O) groups is 2. The Morgan fingerprint density at radius 1 is 0.962 bits per heavy atom. The van der Waals surface area contributed by atoms with Gasteiger partial charge in [-0.15, -0.1) is 0 Å². The SMILES string of the molecule is Cc1cc(C)c(NC(=O)CNC(=O)CCCOc2ccccc2)c(C)c1. The second-order valence-electron chi connectivity index (χ2n) is 6.36. The topological polar surface area (TPSA) is 67.4 Å². The molecule has 2 amide bonds. The lowest BCUT2D eigenvalue weighted by Crippen LogP contribution is -2.33. The van der Waals surface area contributed by atoms with Crippen LogP contribution in [-0.4, -0.2) is 25.0 Å². The maximum Gasteiger partial charge on any atom is 0.243 e. The maximum absolute atomic E-state index is 12.1. The Hall–Kier alpha value is -2.82. The summed E-state index contributed by atoms with van der Waals surface area (Å²) >= 11 is 0. The summed E-state index contributed by atoms with van der Waals surface area (Å²) in [5.41, 5.74) is 4.00. The van der Waals surface area contributed by atoms with Crippen molar-refractivity contribution in [2.45, 2.75) is 33.6 Å². The van der Waals surface area contributed by atoms with Gasteiger partial charge in [-0.25, -0.2) is 0 Å². The third-order valence-corrected chi connectivity index (χ3v) is 3.95. The lowest BCUT2D eigenvalue weighted by molar-refractivity contribution is -0.124. The highest BCUT2D eigenvalue weighted by Gasteiger charge is 2.10. The smallest absolute Gasteiger partial charge is 0.243 e. The maximum atomic E-state index is 12.1. The molecule has 0 aliphatic carbocycles. The number of anilines is 1. The quantitative estimate of drug-likeness (QED) is 0.713. The first-order valence-corrected chi connectivity index (χ1v) is 8.78. The van der Waals surface area contributed by atoms with Crippen LogP contribution in [0.4, 0.5) is 5.69 Å². The molecule has 0 atom stereocenters. The molecule has 0 spiro atoms. The molecule has 2 N–H and O–H groups in total. The molecular formula is C21H26N2O3. The van der Waals surface area contributed by atoms with Gasteiger partial charge in [0.05, 0.1) is 13.2 Å². The van der Waals surface area contributed by atoms with Crippen molar-refractivity contribution in [2.75, 3.05) is 18.5 Å². The van der Waals surface area contributed by atoms with Crippen LogP contribution in [0, 0.1) is 20.8 Å². The van der Waals surface area contributed by atoms with E-state index in [1.165, 1.54) is 0 Å². The molecule has 138 valence electrons. The summed E-state index contributed by atoms with van der Waals surface area (Å²) in [7, 11) is 0. The Morgan fingerprint density at radius 3 is 2.27 bits per heavy atom. The zero-order chi connectivity index (χ0) is 18.9. The van der Waals surface area contributed by atoms with E-state index in [0.29, 0.717) is 19.4 Å². The molecule has 0 aliphatic heterocycles. The Labute approximate surface area is 154 Å². The van der Waals surface area contributed by atoms with Crippen LogP contribution in [0.1, 0.15) is 29.5 Å². The summed E-state index contributed by atoms with van der Waals surface area (Å²) < 4.78 is 5.54. The number of amides is 2. The fourth-order valence-electron chi connectivity index (χ4n) is 2.77. The number of hydrogen-bond donors (Lipinski definition) is 2. The van der Waals surface area contributed by atoms with Crippen LogP contribution in [0.5, 0.6) is 5.75 Å². The molecular weight excluding hydrogens is 328 g/mol. The monoisotopic (exact) mass is 354 g/mol. The fraction of sp³-hybridized carbons (Fsp3) is 0.333. The molecule has 0 aromatic heterocycles. The highest BCUT2D eigenvalue weighted by atomic mass is 16.5. The van der Waals surface area contributed by atoms with Crippen molar-refractivity contribution in [1.29, 1.82) is 0 Å². The standard InChI is InChI=1S/C21H26N2O3/c1-15-12-16(2)21(17(3)13-15)23-20(25)14-22-19(24)10-7-11-26-18-8-5-4-6-9-18/h4-6,8-9,12-13H,7,10-11,14H2,1-3H3,(H,22,24)(H,23,25). The Bertz CT molecular complexity index is 734. The van der Waals surface area contributed by atoms with E-state index in [2.05, 4.69) is 10.6 Å². The summed E-state index contributed by atoms with van der Waals surface area (Å²) in [6.45, 7) is 6.37.